The number of aliphatic imine (C=N–C) groups is 1. The Labute approximate surface area is 149 Å². The SMILES string of the molecule is CC(C)CN=C(N)NCCc1cnn(-c2ccccc2)c1.I. The molecule has 3 N–H and O–H groups in total. The van der Waals surface area contributed by atoms with E-state index >= 15 is 0 Å². The number of hydrogen-bond acceptors (Lipinski definition) is 2. The summed E-state index contributed by atoms with van der Waals surface area (Å²) in [6.07, 6.45) is 4.79. The molecular formula is C16H24IN5. The van der Waals surface area contributed by atoms with Gasteiger partial charge in [-0.25, -0.2) is 4.68 Å². The fourth-order valence-corrected chi connectivity index (χ4v) is 1.88. The average molecular weight is 413 g/mol. The first kappa shape index (κ1) is 18.5. The molecule has 2 rings (SSSR count). The molecule has 0 aliphatic heterocycles. The maximum Gasteiger partial charge on any atom is 0.188 e. The highest BCUT2D eigenvalue weighted by Gasteiger charge is 2.01. The fraction of sp³-hybridized carbons (Fsp3) is 0.375. The molecule has 0 fully saturated rings. The van der Waals surface area contributed by atoms with Crippen molar-refractivity contribution >= 4 is 29.9 Å². The number of rotatable bonds is 6. The van der Waals surface area contributed by atoms with Crippen molar-refractivity contribution in [3.8, 4) is 5.69 Å². The highest BCUT2D eigenvalue weighted by Crippen LogP contribution is 2.07. The zero-order chi connectivity index (χ0) is 15.1. The van der Waals surface area contributed by atoms with Gasteiger partial charge in [0.2, 0.25) is 0 Å². The molecule has 1 heterocycles. The predicted molar refractivity (Wildman–Crippen MR) is 102 cm³/mol. The Bertz CT molecular complexity index is 577. The third-order valence-corrected chi connectivity index (χ3v) is 3.00. The number of aromatic nitrogens is 2. The van der Waals surface area contributed by atoms with E-state index in [1.165, 1.54) is 5.56 Å². The van der Waals surface area contributed by atoms with Gasteiger partial charge in [0.15, 0.2) is 5.96 Å². The van der Waals surface area contributed by atoms with Crippen molar-refractivity contribution in [2.45, 2.75) is 20.3 Å². The number of guanidine groups is 1. The van der Waals surface area contributed by atoms with E-state index in [0.717, 1.165) is 25.2 Å². The molecule has 0 aliphatic rings. The molecule has 0 atom stereocenters. The Morgan fingerprint density at radius 1 is 1.32 bits per heavy atom. The fourth-order valence-electron chi connectivity index (χ4n) is 1.88. The van der Waals surface area contributed by atoms with Gasteiger partial charge in [-0.3, -0.25) is 4.99 Å². The number of nitrogens with zero attached hydrogens (tertiary/aromatic N) is 3. The summed E-state index contributed by atoms with van der Waals surface area (Å²) in [5, 5.41) is 7.50. The number of nitrogens with one attached hydrogen (secondary N) is 1. The lowest BCUT2D eigenvalue weighted by Crippen LogP contribution is -2.33. The van der Waals surface area contributed by atoms with Crippen LogP contribution in [0.25, 0.3) is 5.69 Å². The first-order valence-electron chi connectivity index (χ1n) is 7.28. The summed E-state index contributed by atoms with van der Waals surface area (Å²) in [6, 6.07) is 10.1. The normalized spacial score (nSPS) is 11.3. The highest BCUT2D eigenvalue weighted by atomic mass is 127. The monoisotopic (exact) mass is 413 g/mol. The molecule has 0 radical (unpaired) electrons. The van der Waals surface area contributed by atoms with Gasteiger partial charge < -0.3 is 11.1 Å². The summed E-state index contributed by atoms with van der Waals surface area (Å²) >= 11 is 0. The van der Waals surface area contributed by atoms with Crippen molar-refractivity contribution in [2.75, 3.05) is 13.1 Å². The van der Waals surface area contributed by atoms with Gasteiger partial charge in [-0.2, -0.15) is 5.10 Å². The molecule has 0 bridgehead atoms. The zero-order valence-corrected chi connectivity index (χ0v) is 15.4. The van der Waals surface area contributed by atoms with Crippen LogP contribution in [0.2, 0.25) is 0 Å². The quantitative estimate of drug-likeness (QED) is 0.435. The van der Waals surface area contributed by atoms with Crippen molar-refractivity contribution < 1.29 is 0 Å². The molecule has 0 saturated carbocycles. The van der Waals surface area contributed by atoms with Gasteiger partial charge in [0.1, 0.15) is 0 Å². The van der Waals surface area contributed by atoms with Crippen molar-refractivity contribution in [3.05, 3.63) is 48.3 Å². The summed E-state index contributed by atoms with van der Waals surface area (Å²) in [4.78, 5) is 4.27. The first-order chi connectivity index (χ1) is 10.1. The topological polar surface area (TPSA) is 68.2 Å². The molecule has 6 heteroatoms. The minimum absolute atomic E-state index is 0. The van der Waals surface area contributed by atoms with Crippen LogP contribution in [-0.2, 0) is 6.42 Å². The van der Waals surface area contributed by atoms with Crippen LogP contribution in [0, 0.1) is 5.92 Å². The van der Waals surface area contributed by atoms with Crippen LogP contribution in [0.4, 0.5) is 0 Å². The van der Waals surface area contributed by atoms with Gasteiger partial charge in [-0.05, 0) is 30.0 Å². The van der Waals surface area contributed by atoms with Crippen molar-refractivity contribution in [1.29, 1.82) is 0 Å². The number of benzene rings is 1. The summed E-state index contributed by atoms with van der Waals surface area (Å²) in [5.74, 6) is 1.04. The number of halogens is 1. The van der Waals surface area contributed by atoms with Gasteiger partial charge in [0, 0.05) is 19.3 Å². The molecule has 0 spiro atoms. The first-order valence-corrected chi connectivity index (χ1v) is 7.28. The average Bonchev–Trinajstić information content (AvgIpc) is 2.95. The molecule has 0 amide bonds. The lowest BCUT2D eigenvalue weighted by molar-refractivity contribution is 0.661. The molecule has 5 nitrogen and oxygen atoms in total. The summed E-state index contributed by atoms with van der Waals surface area (Å²) in [7, 11) is 0. The molecule has 22 heavy (non-hydrogen) atoms. The number of nitrogens with two attached hydrogens (primary N) is 1. The molecule has 0 aliphatic carbocycles. The largest absolute Gasteiger partial charge is 0.370 e. The molecular weight excluding hydrogens is 389 g/mol. The van der Waals surface area contributed by atoms with Crippen LogP contribution in [0.3, 0.4) is 0 Å². The highest BCUT2D eigenvalue weighted by molar-refractivity contribution is 14.0. The molecule has 1 aromatic heterocycles. The Morgan fingerprint density at radius 2 is 2.05 bits per heavy atom. The second-order valence-corrected chi connectivity index (χ2v) is 5.43. The van der Waals surface area contributed by atoms with Crippen molar-refractivity contribution in [3.63, 3.8) is 0 Å². The third-order valence-electron chi connectivity index (χ3n) is 3.00. The van der Waals surface area contributed by atoms with E-state index in [2.05, 4.69) is 29.3 Å². The number of hydrogen-bond donors (Lipinski definition) is 2. The maximum absolute atomic E-state index is 5.80. The van der Waals surface area contributed by atoms with Crippen LogP contribution in [0.5, 0.6) is 0 Å². The van der Waals surface area contributed by atoms with Gasteiger partial charge in [0.05, 0.1) is 11.9 Å². The van der Waals surface area contributed by atoms with Crippen LogP contribution < -0.4 is 11.1 Å². The maximum atomic E-state index is 5.80. The Kier molecular flexibility index (Phi) is 7.94. The van der Waals surface area contributed by atoms with Crippen LogP contribution in [-0.4, -0.2) is 28.8 Å². The van der Waals surface area contributed by atoms with Crippen molar-refractivity contribution in [1.82, 2.24) is 15.1 Å². The Balaban J connectivity index is 0.00000242. The molecule has 0 unspecified atom stereocenters. The van der Waals surface area contributed by atoms with Crippen molar-refractivity contribution in [2.24, 2.45) is 16.6 Å². The predicted octanol–water partition coefficient (Wildman–Crippen LogP) is 2.59. The lowest BCUT2D eigenvalue weighted by atomic mass is 10.2. The van der Waals surface area contributed by atoms with Crippen LogP contribution in [0.1, 0.15) is 19.4 Å². The van der Waals surface area contributed by atoms with E-state index in [4.69, 9.17) is 5.73 Å². The van der Waals surface area contributed by atoms with Gasteiger partial charge in [0.25, 0.3) is 0 Å². The molecule has 120 valence electrons. The van der Waals surface area contributed by atoms with E-state index in [1.807, 2.05) is 47.4 Å². The van der Waals surface area contributed by atoms with E-state index < -0.39 is 0 Å². The minimum Gasteiger partial charge on any atom is -0.370 e. The zero-order valence-electron chi connectivity index (χ0n) is 13.1. The van der Waals surface area contributed by atoms with Crippen LogP contribution in [0.15, 0.2) is 47.7 Å². The van der Waals surface area contributed by atoms with Gasteiger partial charge >= 0.3 is 0 Å². The third kappa shape index (κ3) is 6.05. The summed E-state index contributed by atoms with van der Waals surface area (Å²) < 4.78 is 1.88. The van der Waals surface area contributed by atoms with Gasteiger partial charge in [-0.15, -0.1) is 24.0 Å². The second kappa shape index (κ2) is 9.45. The van der Waals surface area contributed by atoms with E-state index in [-0.39, 0.29) is 24.0 Å². The Morgan fingerprint density at radius 3 is 2.73 bits per heavy atom. The van der Waals surface area contributed by atoms with E-state index in [9.17, 15) is 0 Å². The lowest BCUT2D eigenvalue weighted by Gasteiger charge is -2.05. The molecule has 2 aromatic rings. The summed E-state index contributed by atoms with van der Waals surface area (Å²) in [5.41, 5.74) is 8.03. The van der Waals surface area contributed by atoms with Crippen LogP contribution >= 0.6 is 24.0 Å². The molecule has 0 saturated heterocycles. The van der Waals surface area contributed by atoms with Gasteiger partial charge in [-0.1, -0.05) is 32.0 Å². The van der Waals surface area contributed by atoms with E-state index in [0.29, 0.717) is 11.9 Å². The molecule has 1 aromatic carbocycles. The second-order valence-electron chi connectivity index (χ2n) is 5.43. The Hall–Kier alpha value is -1.57. The smallest absolute Gasteiger partial charge is 0.188 e. The summed E-state index contributed by atoms with van der Waals surface area (Å²) in [6.45, 7) is 5.75. The number of para-hydroxylation sites is 1. The van der Waals surface area contributed by atoms with E-state index in [1.54, 1.807) is 0 Å². The minimum atomic E-state index is 0. The standard InChI is InChI=1S/C16H23N5.HI/c1-13(2)10-19-16(17)18-9-8-14-11-20-21(12-14)15-6-4-3-5-7-15;/h3-7,11-13H,8-10H2,1-2H3,(H3,17,18,19);1H.